The number of carboxylic acid groups (broad SMARTS) is 1. The lowest BCUT2D eigenvalue weighted by molar-refractivity contribution is -0.138. The average Bonchev–Trinajstić information content (AvgIpc) is 2.97. The zero-order valence-electron chi connectivity index (χ0n) is 12.6. The number of carboxylic acids is 1. The number of sulfonamides is 1. The molecule has 3 rings (SSSR count). The van der Waals surface area contributed by atoms with E-state index in [0.29, 0.717) is 25.3 Å². The van der Waals surface area contributed by atoms with Gasteiger partial charge in [0.05, 0.1) is 24.5 Å². The molecule has 1 heterocycles. The predicted octanol–water partition coefficient (Wildman–Crippen LogP) is 1.95. The molecule has 24 heavy (non-hydrogen) atoms. The molecule has 130 valence electrons. The second-order valence-electron chi connectivity index (χ2n) is 5.57. The van der Waals surface area contributed by atoms with E-state index in [-0.39, 0.29) is 12.0 Å². The van der Waals surface area contributed by atoms with Crippen LogP contribution in [0.15, 0.2) is 35.9 Å². The number of carbonyl (C=O) groups is 1. The van der Waals surface area contributed by atoms with Gasteiger partial charge in [0.15, 0.2) is 5.79 Å². The molecule has 1 atom stereocenters. The van der Waals surface area contributed by atoms with Crippen molar-refractivity contribution in [2.45, 2.75) is 23.9 Å². The van der Waals surface area contributed by atoms with Gasteiger partial charge in [0, 0.05) is 9.99 Å². The van der Waals surface area contributed by atoms with Crippen molar-refractivity contribution in [3.8, 4) is 0 Å². The molecular weight excluding hydrogens is 449 g/mol. The Kier molecular flexibility index (Phi) is 4.87. The van der Waals surface area contributed by atoms with E-state index in [4.69, 9.17) is 9.47 Å². The summed E-state index contributed by atoms with van der Waals surface area (Å²) in [7, 11) is -3.91. The zero-order valence-corrected chi connectivity index (χ0v) is 15.5. The van der Waals surface area contributed by atoms with Gasteiger partial charge in [-0.25, -0.2) is 13.2 Å². The second kappa shape index (κ2) is 6.62. The fourth-order valence-corrected chi connectivity index (χ4v) is 5.14. The van der Waals surface area contributed by atoms with Crippen molar-refractivity contribution >= 4 is 44.3 Å². The van der Waals surface area contributed by atoms with Gasteiger partial charge >= 0.3 is 5.97 Å². The monoisotopic (exact) mass is 465 g/mol. The van der Waals surface area contributed by atoms with E-state index in [9.17, 15) is 18.3 Å². The van der Waals surface area contributed by atoms with Crippen LogP contribution in [0.4, 0.5) is 5.69 Å². The molecule has 1 unspecified atom stereocenters. The molecule has 1 aromatic rings. The van der Waals surface area contributed by atoms with Crippen molar-refractivity contribution in [1.29, 1.82) is 0 Å². The third-order valence-corrected chi connectivity index (χ3v) is 6.68. The number of hydrogen-bond donors (Lipinski definition) is 2. The van der Waals surface area contributed by atoms with E-state index >= 15 is 0 Å². The molecule has 0 aromatic heterocycles. The number of rotatable bonds is 4. The van der Waals surface area contributed by atoms with Crippen molar-refractivity contribution in [3.63, 3.8) is 0 Å². The van der Waals surface area contributed by atoms with Gasteiger partial charge in [0.2, 0.25) is 10.0 Å². The minimum absolute atomic E-state index is 0.108. The molecule has 2 aliphatic rings. The number of aliphatic carboxylic acids is 1. The molecule has 1 spiro atoms. The number of anilines is 1. The van der Waals surface area contributed by atoms with Crippen LogP contribution >= 0.6 is 22.6 Å². The summed E-state index contributed by atoms with van der Waals surface area (Å²) >= 11 is 2.02. The fraction of sp³-hybridized carbons (Fsp3) is 0.400. The van der Waals surface area contributed by atoms with Gasteiger partial charge in [-0.3, -0.25) is 4.72 Å². The Labute approximate surface area is 153 Å². The minimum atomic E-state index is -3.91. The molecule has 9 heteroatoms. The number of ether oxygens (including phenoxy) is 2. The second-order valence-corrected chi connectivity index (χ2v) is 8.59. The Morgan fingerprint density at radius 1 is 1.29 bits per heavy atom. The lowest BCUT2D eigenvalue weighted by Gasteiger charge is -2.32. The smallest absolute Gasteiger partial charge is 0.332 e. The highest BCUT2D eigenvalue weighted by Gasteiger charge is 2.45. The van der Waals surface area contributed by atoms with Crippen molar-refractivity contribution < 1.29 is 27.8 Å². The van der Waals surface area contributed by atoms with Crippen LogP contribution in [-0.4, -0.2) is 43.7 Å². The van der Waals surface area contributed by atoms with Crippen molar-refractivity contribution in [3.05, 3.63) is 39.5 Å². The van der Waals surface area contributed by atoms with Crippen LogP contribution in [0.3, 0.4) is 0 Å². The van der Waals surface area contributed by atoms with Crippen LogP contribution in [0, 0.1) is 3.57 Å². The fourth-order valence-electron chi connectivity index (χ4n) is 2.88. The first-order valence-corrected chi connectivity index (χ1v) is 9.96. The largest absolute Gasteiger partial charge is 0.478 e. The van der Waals surface area contributed by atoms with Crippen LogP contribution in [0.1, 0.15) is 12.8 Å². The number of nitrogens with one attached hydrogen (secondary N) is 1. The Morgan fingerprint density at radius 3 is 2.58 bits per heavy atom. The molecule has 1 saturated heterocycles. The SMILES string of the molecule is O=C(O)C1=CC2(CCC1S(=O)(=O)Nc1ccccc1I)OCCO2. The van der Waals surface area contributed by atoms with E-state index in [0.717, 1.165) is 3.57 Å². The van der Waals surface area contributed by atoms with Crippen LogP contribution in [-0.2, 0) is 24.3 Å². The summed E-state index contributed by atoms with van der Waals surface area (Å²) in [5.41, 5.74) is 0.207. The van der Waals surface area contributed by atoms with Crippen LogP contribution in [0.5, 0.6) is 0 Å². The number of benzene rings is 1. The summed E-state index contributed by atoms with van der Waals surface area (Å²) in [6.07, 6.45) is 1.70. The first-order chi connectivity index (χ1) is 11.3. The Hall–Kier alpha value is -1.17. The van der Waals surface area contributed by atoms with Crippen molar-refractivity contribution in [1.82, 2.24) is 0 Å². The average molecular weight is 465 g/mol. The lowest BCUT2D eigenvalue weighted by atomic mass is 9.94. The van der Waals surface area contributed by atoms with E-state index < -0.39 is 27.0 Å². The summed E-state index contributed by atoms with van der Waals surface area (Å²) in [5.74, 6) is -2.40. The molecule has 2 N–H and O–H groups in total. The molecule has 7 nitrogen and oxygen atoms in total. The molecule has 0 saturated carbocycles. The molecule has 0 amide bonds. The van der Waals surface area contributed by atoms with Gasteiger partial charge < -0.3 is 14.6 Å². The number of hydrogen-bond acceptors (Lipinski definition) is 5. The summed E-state index contributed by atoms with van der Waals surface area (Å²) < 4.78 is 39.6. The maximum Gasteiger partial charge on any atom is 0.332 e. The first kappa shape index (κ1) is 17.6. The summed E-state index contributed by atoms with van der Waals surface area (Å²) in [5, 5.41) is 8.30. The van der Waals surface area contributed by atoms with Gasteiger partial charge in [-0.2, -0.15) is 0 Å². The molecule has 1 aliphatic heterocycles. The topological polar surface area (TPSA) is 102 Å². The molecule has 0 bridgehead atoms. The van der Waals surface area contributed by atoms with E-state index in [1.165, 1.54) is 6.08 Å². The molecule has 1 aromatic carbocycles. The highest BCUT2D eigenvalue weighted by Crippen LogP contribution is 2.37. The van der Waals surface area contributed by atoms with Gasteiger partial charge in [0.1, 0.15) is 5.25 Å². The van der Waals surface area contributed by atoms with E-state index in [1.807, 2.05) is 22.6 Å². The van der Waals surface area contributed by atoms with Gasteiger partial charge in [-0.05, 0) is 47.2 Å². The Balaban J connectivity index is 1.92. The summed E-state index contributed by atoms with van der Waals surface area (Å²) in [6.45, 7) is 0.725. The lowest BCUT2D eigenvalue weighted by Crippen LogP contribution is -2.41. The van der Waals surface area contributed by atoms with Crippen LogP contribution in [0.2, 0.25) is 0 Å². The standard InChI is InChI=1S/C15H16INO6S/c16-11-3-1-2-4-12(11)17-24(20,21)13-5-6-15(22-7-8-23-15)9-10(13)14(18)19/h1-4,9,13,17H,5-8H2,(H,18,19). The zero-order chi connectivity index (χ0) is 17.4. The minimum Gasteiger partial charge on any atom is -0.478 e. The third-order valence-electron chi connectivity index (χ3n) is 4.00. The summed E-state index contributed by atoms with van der Waals surface area (Å²) in [4.78, 5) is 11.6. The van der Waals surface area contributed by atoms with Crippen LogP contribution < -0.4 is 4.72 Å². The predicted molar refractivity (Wildman–Crippen MR) is 95.1 cm³/mol. The van der Waals surface area contributed by atoms with Gasteiger partial charge in [0.25, 0.3) is 0 Å². The molecule has 1 aliphatic carbocycles. The van der Waals surface area contributed by atoms with E-state index in [2.05, 4.69) is 4.72 Å². The quantitative estimate of drug-likeness (QED) is 0.660. The number of halogens is 1. The van der Waals surface area contributed by atoms with Gasteiger partial charge in [-0.1, -0.05) is 12.1 Å². The highest BCUT2D eigenvalue weighted by molar-refractivity contribution is 14.1. The van der Waals surface area contributed by atoms with E-state index in [1.54, 1.807) is 24.3 Å². The van der Waals surface area contributed by atoms with Crippen LogP contribution in [0.25, 0.3) is 0 Å². The molecular formula is C15H16INO6S. The third kappa shape index (κ3) is 3.44. The Bertz CT molecular complexity index is 785. The Morgan fingerprint density at radius 2 is 1.96 bits per heavy atom. The number of para-hydroxylation sites is 1. The highest BCUT2D eigenvalue weighted by atomic mass is 127. The normalized spacial score (nSPS) is 23.0. The maximum atomic E-state index is 12.7. The van der Waals surface area contributed by atoms with Crippen molar-refractivity contribution in [2.75, 3.05) is 17.9 Å². The van der Waals surface area contributed by atoms with Gasteiger partial charge in [-0.15, -0.1) is 0 Å². The van der Waals surface area contributed by atoms with Crippen molar-refractivity contribution in [2.24, 2.45) is 0 Å². The summed E-state index contributed by atoms with van der Waals surface area (Å²) in [6, 6.07) is 6.91. The maximum absolute atomic E-state index is 12.7. The first-order valence-electron chi connectivity index (χ1n) is 7.33. The molecule has 1 fully saturated rings. The molecule has 0 radical (unpaired) electrons.